The first-order valence-corrected chi connectivity index (χ1v) is 10.4. The first kappa shape index (κ1) is 22.2. The molecular formula is C21H25N3O4S. The van der Waals surface area contributed by atoms with Crippen molar-refractivity contribution in [3.63, 3.8) is 0 Å². The highest BCUT2D eigenvalue weighted by molar-refractivity contribution is 7.85. The van der Waals surface area contributed by atoms with Gasteiger partial charge in [0, 0.05) is 6.42 Å². The normalized spacial score (nSPS) is 11.6. The second-order valence-electron chi connectivity index (χ2n) is 6.37. The van der Waals surface area contributed by atoms with Crippen LogP contribution in [0.2, 0.25) is 0 Å². The van der Waals surface area contributed by atoms with Crippen molar-refractivity contribution in [2.24, 2.45) is 16.7 Å². The van der Waals surface area contributed by atoms with Crippen molar-refractivity contribution in [2.75, 3.05) is 6.61 Å². The number of ether oxygens (including phenoxy) is 1. The maximum absolute atomic E-state index is 10.5. The Morgan fingerprint density at radius 3 is 2.31 bits per heavy atom. The molecule has 29 heavy (non-hydrogen) atoms. The van der Waals surface area contributed by atoms with E-state index in [0.29, 0.717) is 18.9 Å². The van der Waals surface area contributed by atoms with Crippen molar-refractivity contribution in [3.05, 3.63) is 72.3 Å². The Hall–Kier alpha value is -3.10. The Kier molecular flexibility index (Phi) is 7.99. The standard InChI is InChI=1S/C14H17N3O.C7H8O3S/c15-14(17-16)6-3-9-18-13-8-7-11-4-1-2-5-12(11)10-13;1-6-2-4-7(5-3-6)11(8,9)10/h1-2,4-5,7-8,10H,3,6,9,16H2,(H2,15,17);2-5H,1H3,(H,8,9,10). The molecule has 3 rings (SSSR count). The van der Waals surface area contributed by atoms with Gasteiger partial charge >= 0.3 is 0 Å². The van der Waals surface area contributed by atoms with Gasteiger partial charge in [-0.05, 0) is 48.4 Å². The van der Waals surface area contributed by atoms with E-state index in [1.54, 1.807) is 12.1 Å². The third kappa shape index (κ3) is 7.44. The predicted octanol–water partition coefficient (Wildman–Crippen LogP) is 3.47. The average molecular weight is 416 g/mol. The lowest BCUT2D eigenvalue weighted by atomic mass is 10.1. The molecule has 7 nitrogen and oxygen atoms in total. The van der Waals surface area contributed by atoms with Crippen molar-refractivity contribution < 1.29 is 17.7 Å². The molecule has 0 aliphatic carbocycles. The van der Waals surface area contributed by atoms with Gasteiger partial charge in [0.2, 0.25) is 0 Å². The van der Waals surface area contributed by atoms with Crippen molar-refractivity contribution >= 4 is 26.7 Å². The number of amidine groups is 1. The molecule has 0 saturated heterocycles. The van der Waals surface area contributed by atoms with Crippen LogP contribution in [0.25, 0.3) is 10.8 Å². The molecule has 0 heterocycles. The van der Waals surface area contributed by atoms with Crippen LogP contribution in [0.1, 0.15) is 18.4 Å². The van der Waals surface area contributed by atoms with Gasteiger partial charge in [0.05, 0.1) is 11.5 Å². The molecular weight excluding hydrogens is 390 g/mol. The van der Waals surface area contributed by atoms with Crippen molar-refractivity contribution in [1.82, 2.24) is 0 Å². The quantitative estimate of drug-likeness (QED) is 0.141. The number of hydrogen-bond donors (Lipinski definition) is 3. The zero-order valence-corrected chi connectivity index (χ0v) is 17.0. The van der Waals surface area contributed by atoms with E-state index in [1.165, 1.54) is 22.9 Å². The van der Waals surface area contributed by atoms with Crippen molar-refractivity contribution in [3.8, 4) is 5.75 Å². The number of rotatable bonds is 6. The summed E-state index contributed by atoms with van der Waals surface area (Å²) in [7, 11) is -4.02. The highest BCUT2D eigenvalue weighted by atomic mass is 32.2. The Labute approximate surface area is 170 Å². The van der Waals surface area contributed by atoms with Gasteiger partial charge in [0.1, 0.15) is 11.6 Å². The van der Waals surface area contributed by atoms with Crippen LogP contribution in [0, 0.1) is 6.92 Å². The third-order valence-electron chi connectivity index (χ3n) is 4.05. The van der Waals surface area contributed by atoms with Crippen LogP contribution < -0.4 is 16.3 Å². The number of hydrazone groups is 1. The molecule has 0 bridgehead atoms. The van der Waals surface area contributed by atoms with Gasteiger partial charge in [-0.25, -0.2) is 0 Å². The van der Waals surface area contributed by atoms with E-state index in [2.05, 4.69) is 23.3 Å². The van der Waals surface area contributed by atoms with Crippen LogP contribution in [-0.2, 0) is 10.1 Å². The number of aryl methyl sites for hydroxylation is 1. The minimum atomic E-state index is -4.02. The monoisotopic (exact) mass is 415 g/mol. The molecule has 3 aromatic rings. The van der Waals surface area contributed by atoms with E-state index in [9.17, 15) is 8.42 Å². The smallest absolute Gasteiger partial charge is 0.294 e. The maximum Gasteiger partial charge on any atom is 0.294 e. The summed E-state index contributed by atoms with van der Waals surface area (Å²) < 4.78 is 35.2. The summed E-state index contributed by atoms with van der Waals surface area (Å²) >= 11 is 0. The van der Waals surface area contributed by atoms with Gasteiger partial charge in [0.25, 0.3) is 10.1 Å². The summed E-state index contributed by atoms with van der Waals surface area (Å²) in [5.41, 5.74) is 6.45. The number of hydrogen-bond acceptors (Lipinski definition) is 5. The Bertz CT molecular complexity index is 1060. The Morgan fingerprint density at radius 2 is 1.69 bits per heavy atom. The minimum Gasteiger partial charge on any atom is -0.494 e. The number of nitrogens with zero attached hydrogens (tertiary/aromatic N) is 1. The van der Waals surface area contributed by atoms with E-state index in [4.69, 9.17) is 20.9 Å². The van der Waals surface area contributed by atoms with E-state index in [-0.39, 0.29) is 4.90 Å². The van der Waals surface area contributed by atoms with Gasteiger partial charge < -0.3 is 16.3 Å². The van der Waals surface area contributed by atoms with E-state index in [0.717, 1.165) is 17.7 Å². The molecule has 0 aliphatic heterocycles. The topological polar surface area (TPSA) is 128 Å². The molecule has 0 saturated carbocycles. The summed E-state index contributed by atoms with van der Waals surface area (Å²) in [6.45, 7) is 2.45. The average Bonchev–Trinajstić information content (AvgIpc) is 2.71. The zero-order chi connectivity index (χ0) is 21.3. The van der Waals surface area contributed by atoms with Crippen LogP contribution in [0.3, 0.4) is 0 Å². The molecule has 0 atom stereocenters. The molecule has 0 unspecified atom stereocenters. The predicted molar refractivity (Wildman–Crippen MR) is 115 cm³/mol. The van der Waals surface area contributed by atoms with Gasteiger partial charge in [-0.15, -0.1) is 0 Å². The fraction of sp³-hybridized carbons (Fsp3) is 0.190. The van der Waals surface area contributed by atoms with Crippen LogP contribution in [0.4, 0.5) is 0 Å². The SMILES string of the molecule is Cc1ccc(S(=O)(=O)O)cc1.NN=C(N)CCCOc1ccc2ccccc2c1. The fourth-order valence-electron chi connectivity index (χ4n) is 2.48. The van der Waals surface area contributed by atoms with Crippen LogP contribution in [-0.4, -0.2) is 25.4 Å². The summed E-state index contributed by atoms with van der Waals surface area (Å²) in [6.07, 6.45) is 1.46. The Morgan fingerprint density at radius 1 is 1.03 bits per heavy atom. The summed E-state index contributed by atoms with van der Waals surface area (Å²) in [5.74, 6) is 6.38. The van der Waals surface area contributed by atoms with Gasteiger partial charge in [0.15, 0.2) is 0 Å². The van der Waals surface area contributed by atoms with Crippen molar-refractivity contribution in [1.29, 1.82) is 0 Å². The molecule has 0 aromatic heterocycles. The van der Waals surface area contributed by atoms with Crippen LogP contribution in [0.5, 0.6) is 5.75 Å². The second-order valence-corrected chi connectivity index (χ2v) is 7.79. The lowest BCUT2D eigenvalue weighted by molar-refractivity contribution is 0.314. The first-order valence-electron chi connectivity index (χ1n) is 8.97. The van der Waals surface area contributed by atoms with E-state index in [1.807, 2.05) is 31.2 Å². The molecule has 3 aromatic carbocycles. The van der Waals surface area contributed by atoms with Gasteiger partial charge in [-0.3, -0.25) is 4.55 Å². The van der Waals surface area contributed by atoms with Crippen LogP contribution in [0.15, 0.2) is 76.7 Å². The number of fused-ring (bicyclic) bond motifs is 1. The zero-order valence-electron chi connectivity index (χ0n) is 16.2. The lowest BCUT2D eigenvalue weighted by Crippen LogP contribution is -2.15. The maximum atomic E-state index is 10.5. The number of benzene rings is 3. The van der Waals surface area contributed by atoms with E-state index >= 15 is 0 Å². The number of nitrogens with two attached hydrogens (primary N) is 2. The summed E-state index contributed by atoms with van der Waals surface area (Å²) in [6, 6.07) is 20.3. The second kappa shape index (κ2) is 10.4. The largest absolute Gasteiger partial charge is 0.494 e. The fourth-order valence-corrected chi connectivity index (χ4v) is 2.96. The molecule has 0 radical (unpaired) electrons. The molecule has 0 amide bonds. The molecule has 0 aliphatic rings. The van der Waals surface area contributed by atoms with Crippen molar-refractivity contribution in [2.45, 2.75) is 24.7 Å². The van der Waals surface area contributed by atoms with Crippen LogP contribution >= 0.6 is 0 Å². The molecule has 5 N–H and O–H groups in total. The highest BCUT2D eigenvalue weighted by Crippen LogP contribution is 2.20. The third-order valence-corrected chi connectivity index (χ3v) is 4.92. The Balaban J connectivity index is 0.000000234. The first-order chi connectivity index (χ1) is 13.8. The van der Waals surface area contributed by atoms with Gasteiger partial charge in [-0.1, -0.05) is 48.0 Å². The lowest BCUT2D eigenvalue weighted by Gasteiger charge is -2.07. The van der Waals surface area contributed by atoms with E-state index < -0.39 is 10.1 Å². The molecule has 0 spiro atoms. The highest BCUT2D eigenvalue weighted by Gasteiger charge is 2.06. The summed E-state index contributed by atoms with van der Waals surface area (Å²) in [5, 5.41) is 5.80. The molecule has 0 fully saturated rings. The molecule has 154 valence electrons. The molecule has 8 heteroatoms. The minimum absolute atomic E-state index is 0.0666. The van der Waals surface area contributed by atoms with Gasteiger partial charge in [-0.2, -0.15) is 13.5 Å². The summed E-state index contributed by atoms with van der Waals surface area (Å²) in [4.78, 5) is -0.0666.